The van der Waals surface area contributed by atoms with Crippen molar-refractivity contribution in [3.8, 4) is 0 Å². The molecule has 0 N–H and O–H groups in total. The second-order valence-electron chi connectivity index (χ2n) is 5.64. The molecule has 2 aliphatic rings. The molecule has 0 bridgehead atoms. The molecule has 1 unspecified atom stereocenters. The third-order valence-electron chi connectivity index (χ3n) is 4.04. The normalized spacial score (nSPS) is 30.1. The van der Waals surface area contributed by atoms with E-state index >= 15 is 0 Å². The Balaban J connectivity index is 2.17. The summed E-state index contributed by atoms with van der Waals surface area (Å²) >= 11 is 0. The quantitative estimate of drug-likeness (QED) is 0.651. The number of fused-ring (bicyclic) bond motifs is 2. The van der Waals surface area contributed by atoms with Gasteiger partial charge in [-0.15, -0.1) is 0 Å². The van der Waals surface area contributed by atoms with Gasteiger partial charge in [-0.05, 0) is 18.9 Å². The minimum Gasteiger partial charge on any atom is -0.383 e. The summed E-state index contributed by atoms with van der Waals surface area (Å²) in [4.78, 5) is 5.84. The second kappa shape index (κ2) is 2.88. The first kappa shape index (κ1) is 9.88. The van der Waals surface area contributed by atoms with Gasteiger partial charge in [-0.3, -0.25) is 0 Å². The van der Waals surface area contributed by atoms with Gasteiger partial charge < -0.3 is 4.84 Å². The van der Waals surface area contributed by atoms with Crippen LogP contribution in [0.1, 0.15) is 38.3 Å². The number of benzene rings is 1. The Hall–Kier alpha value is -1.31. The standard InChI is InChI=1S/C14H17NO/c1-10-8-14(16-15-10)12-7-5-4-6-11(12)9-13(14,2)3/h4-7H,8-9H2,1-3H3. The first-order valence-corrected chi connectivity index (χ1v) is 5.85. The van der Waals surface area contributed by atoms with E-state index in [0.717, 1.165) is 18.6 Å². The molecule has 84 valence electrons. The first-order chi connectivity index (χ1) is 7.55. The molecule has 1 heterocycles. The van der Waals surface area contributed by atoms with Crippen molar-refractivity contribution < 1.29 is 4.84 Å². The molecule has 1 aliphatic heterocycles. The molecule has 0 radical (unpaired) electrons. The zero-order chi connectivity index (χ0) is 11.4. The summed E-state index contributed by atoms with van der Waals surface area (Å²) in [5, 5.41) is 4.18. The Morgan fingerprint density at radius 3 is 2.62 bits per heavy atom. The fraction of sp³-hybridized carbons (Fsp3) is 0.500. The molecular formula is C14H17NO. The summed E-state index contributed by atoms with van der Waals surface area (Å²) in [6.45, 7) is 6.61. The minimum atomic E-state index is -0.215. The molecule has 1 aromatic rings. The average Bonchev–Trinajstić information content (AvgIpc) is 2.70. The smallest absolute Gasteiger partial charge is 0.173 e. The maximum atomic E-state index is 5.84. The lowest BCUT2D eigenvalue weighted by atomic mass is 9.73. The Kier molecular flexibility index (Phi) is 1.78. The van der Waals surface area contributed by atoms with E-state index in [1.807, 2.05) is 6.92 Å². The van der Waals surface area contributed by atoms with Crippen LogP contribution in [-0.2, 0) is 16.9 Å². The van der Waals surface area contributed by atoms with Gasteiger partial charge in [0.2, 0.25) is 0 Å². The van der Waals surface area contributed by atoms with Crippen LogP contribution >= 0.6 is 0 Å². The van der Waals surface area contributed by atoms with Gasteiger partial charge in [0.15, 0.2) is 5.60 Å². The molecule has 0 saturated heterocycles. The van der Waals surface area contributed by atoms with Gasteiger partial charge in [0.05, 0.1) is 5.71 Å². The number of nitrogens with zero attached hydrogens (tertiary/aromatic N) is 1. The van der Waals surface area contributed by atoms with Crippen LogP contribution in [0.5, 0.6) is 0 Å². The lowest BCUT2D eigenvalue weighted by molar-refractivity contribution is -0.0977. The predicted octanol–water partition coefficient (Wildman–Crippen LogP) is 3.26. The Morgan fingerprint density at radius 1 is 1.19 bits per heavy atom. The van der Waals surface area contributed by atoms with Gasteiger partial charge in [-0.1, -0.05) is 43.3 Å². The number of rotatable bonds is 0. The Labute approximate surface area is 96.3 Å². The van der Waals surface area contributed by atoms with Crippen molar-refractivity contribution in [3.63, 3.8) is 0 Å². The summed E-state index contributed by atoms with van der Waals surface area (Å²) < 4.78 is 0. The topological polar surface area (TPSA) is 21.6 Å². The van der Waals surface area contributed by atoms with Gasteiger partial charge >= 0.3 is 0 Å². The van der Waals surface area contributed by atoms with Crippen molar-refractivity contribution in [1.29, 1.82) is 0 Å². The highest BCUT2D eigenvalue weighted by Gasteiger charge is 2.57. The van der Waals surface area contributed by atoms with E-state index in [9.17, 15) is 0 Å². The third kappa shape index (κ3) is 1.05. The van der Waals surface area contributed by atoms with Gasteiger partial charge in [0.1, 0.15) is 0 Å². The molecular weight excluding hydrogens is 198 g/mol. The number of hydrogen-bond acceptors (Lipinski definition) is 2. The summed E-state index contributed by atoms with van der Waals surface area (Å²) in [6, 6.07) is 8.61. The molecule has 0 saturated carbocycles. The van der Waals surface area contributed by atoms with Crippen LogP contribution in [0.3, 0.4) is 0 Å². The fourth-order valence-corrected chi connectivity index (χ4v) is 3.14. The molecule has 1 aromatic carbocycles. The molecule has 2 nitrogen and oxygen atoms in total. The van der Waals surface area contributed by atoms with Gasteiger partial charge in [0, 0.05) is 17.4 Å². The third-order valence-corrected chi connectivity index (χ3v) is 4.04. The summed E-state index contributed by atoms with van der Waals surface area (Å²) in [6.07, 6.45) is 2.00. The lowest BCUT2D eigenvalue weighted by Gasteiger charge is -2.36. The Morgan fingerprint density at radius 2 is 1.94 bits per heavy atom. The summed E-state index contributed by atoms with van der Waals surface area (Å²) in [7, 11) is 0. The molecule has 3 rings (SSSR count). The molecule has 16 heavy (non-hydrogen) atoms. The number of hydrogen-bond donors (Lipinski definition) is 0. The summed E-state index contributed by atoms with van der Waals surface area (Å²) in [5.41, 5.74) is 3.76. The van der Waals surface area contributed by atoms with E-state index in [-0.39, 0.29) is 11.0 Å². The van der Waals surface area contributed by atoms with E-state index in [4.69, 9.17) is 4.84 Å². The monoisotopic (exact) mass is 215 g/mol. The lowest BCUT2D eigenvalue weighted by Crippen LogP contribution is -2.38. The zero-order valence-electron chi connectivity index (χ0n) is 10.1. The zero-order valence-corrected chi connectivity index (χ0v) is 10.1. The number of oxime groups is 1. The van der Waals surface area contributed by atoms with Crippen molar-refractivity contribution in [2.24, 2.45) is 10.6 Å². The first-order valence-electron chi connectivity index (χ1n) is 5.85. The van der Waals surface area contributed by atoms with E-state index < -0.39 is 0 Å². The van der Waals surface area contributed by atoms with Crippen LogP contribution in [0.25, 0.3) is 0 Å². The van der Waals surface area contributed by atoms with Gasteiger partial charge in [0.25, 0.3) is 0 Å². The van der Waals surface area contributed by atoms with Gasteiger partial charge in [-0.25, -0.2) is 0 Å². The maximum absolute atomic E-state index is 5.84. The van der Waals surface area contributed by atoms with Crippen LogP contribution in [0.15, 0.2) is 29.4 Å². The van der Waals surface area contributed by atoms with Crippen molar-refractivity contribution in [2.75, 3.05) is 0 Å². The van der Waals surface area contributed by atoms with Crippen LogP contribution in [0.2, 0.25) is 0 Å². The van der Waals surface area contributed by atoms with E-state index in [2.05, 4.69) is 43.3 Å². The SMILES string of the molecule is CC1=NOC2(C1)c1ccccc1CC2(C)C. The minimum absolute atomic E-state index is 0.123. The second-order valence-corrected chi connectivity index (χ2v) is 5.64. The highest BCUT2D eigenvalue weighted by Crippen LogP contribution is 2.56. The molecule has 2 heteroatoms. The van der Waals surface area contributed by atoms with Crippen LogP contribution in [0.4, 0.5) is 0 Å². The van der Waals surface area contributed by atoms with E-state index in [0.29, 0.717) is 0 Å². The Bertz CT molecular complexity index is 475. The summed E-state index contributed by atoms with van der Waals surface area (Å²) in [5.74, 6) is 0. The largest absolute Gasteiger partial charge is 0.383 e. The van der Waals surface area contributed by atoms with E-state index in [1.54, 1.807) is 0 Å². The maximum Gasteiger partial charge on any atom is 0.173 e. The highest BCUT2D eigenvalue weighted by molar-refractivity contribution is 5.84. The molecule has 0 amide bonds. The van der Waals surface area contributed by atoms with Crippen LogP contribution in [-0.4, -0.2) is 5.71 Å². The predicted molar refractivity (Wildman–Crippen MR) is 64.4 cm³/mol. The van der Waals surface area contributed by atoms with Crippen molar-refractivity contribution in [2.45, 2.75) is 39.2 Å². The van der Waals surface area contributed by atoms with E-state index in [1.165, 1.54) is 11.1 Å². The van der Waals surface area contributed by atoms with Crippen molar-refractivity contribution in [1.82, 2.24) is 0 Å². The molecule has 0 fully saturated rings. The molecule has 0 aromatic heterocycles. The van der Waals surface area contributed by atoms with Crippen molar-refractivity contribution in [3.05, 3.63) is 35.4 Å². The fourth-order valence-electron chi connectivity index (χ4n) is 3.14. The van der Waals surface area contributed by atoms with Crippen molar-refractivity contribution >= 4 is 5.71 Å². The average molecular weight is 215 g/mol. The molecule has 1 spiro atoms. The van der Waals surface area contributed by atoms with Crippen LogP contribution in [0, 0.1) is 5.41 Å². The highest BCUT2D eigenvalue weighted by atomic mass is 16.7. The van der Waals surface area contributed by atoms with Gasteiger partial charge in [-0.2, -0.15) is 0 Å². The molecule has 1 aliphatic carbocycles. The molecule has 1 atom stereocenters. The van der Waals surface area contributed by atoms with Crippen LogP contribution < -0.4 is 0 Å².